The number of aryl methyl sites for hydroxylation is 1. The van der Waals surface area contributed by atoms with Gasteiger partial charge in [-0.1, -0.05) is 11.8 Å². The van der Waals surface area contributed by atoms with Crippen molar-refractivity contribution in [1.82, 2.24) is 9.97 Å². The minimum absolute atomic E-state index is 0.548. The first-order chi connectivity index (χ1) is 8.63. The molecule has 0 aliphatic carbocycles. The molecule has 1 aromatic heterocycles. The summed E-state index contributed by atoms with van der Waals surface area (Å²) < 4.78 is 24.3. The highest BCUT2D eigenvalue weighted by molar-refractivity contribution is 7.99. The molecule has 18 heavy (non-hydrogen) atoms. The van der Waals surface area contributed by atoms with Crippen LogP contribution in [-0.4, -0.2) is 15.7 Å². The molecule has 3 nitrogen and oxygen atoms in total. The average Bonchev–Trinajstić information content (AvgIpc) is 2.74. The Morgan fingerprint density at radius 3 is 2.61 bits per heavy atom. The van der Waals surface area contributed by atoms with Crippen LogP contribution in [0, 0.1) is 6.92 Å². The van der Waals surface area contributed by atoms with Crippen molar-refractivity contribution in [3.05, 3.63) is 42.0 Å². The molecule has 0 unspecified atom stereocenters. The van der Waals surface area contributed by atoms with E-state index in [0.717, 1.165) is 17.2 Å². The van der Waals surface area contributed by atoms with E-state index >= 15 is 0 Å². The summed E-state index contributed by atoms with van der Waals surface area (Å²) in [5.74, 6) is -1.51. The summed E-state index contributed by atoms with van der Waals surface area (Å²) in [5.41, 5.74) is 1.87. The third kappa shape index (κ3) is 3.73. The van der Waals surface area contributed by atoms with Gasteiger partial charge in [-0.2, -0.15) is 8.78 Å². The number of rotatable bonds is 5. The van der Waals surface area contributed by atoms with E-state index in [9.17, 15) is 8.78 Å². The fraction of sp³-hybridized carbons (Fsp3) is 0.250. The number of anilines is 1. The zero-order valence-corrected chi connectivity index (χ0v) is 10.6. The second-order valence-corrected chi connectivity index (χ2v) is 4.81. The molecule has 0 atom stereocenters. The molecule has 2 rings (SSSR count). The number of aromatic nitrogens is 2. The lowest BCUT2D eigenvalue weighted by Crippen LogP contribution is -1.99. The molecule has 1 heterocycles. The third-order valence-electron chi connectivity index (χ3n) is 2.32. The number of benzene rings is 1. The number of nitrogens with one attached hydrogen (secondary N) is 2. The van der Waals surface area contributed by atoms with Crippen molar-refractivity contribution in [2.45, 2.75) is 24.1 Å². The number of H-pyrrole nitrogens is 1. The van der Waals surface area contributed by atoms with E-state index in [0.29, 0.717) is 23.2 Å². The molecule has 2 aromatic rings. The molecule has 0 aliphatic rings. The van der Waals surface area contributed by atoms with Crippen LogP contribution in [0.4, 0.5) is 14.5 Å². The molecule has 0 saturated carbocycles. The van der Waals surface area contributed by atoms with Gasteiger partial charge in [0, 0.05) is 10.6 Å². The predicted molar refractivity (Wildman–Crippen MR) is 69.0 cm³/mol. The molecule has 6 heteroatoms. The van der Waals surface area contributed by atoms with Crippen LogP contribution in [0.5, 0.6) is 0 Å². The molecule has 1 aromatic carbocycles. The molecule has 0 aliphatic heterocycles. The van der Waals surface area contributed by atoms with Crippen LogP contribution < -0.4 is 5.32 Å². The Kier molecular flexibility index (Phi) is 4.19. The zero-order valence-electron chi connectivity index (χ0n) is 9.78. The van der Waals surface area contributed by atoms with Gasteiger partial charge in [0.2, 0.25) is 0 Å². The molecule has 0 saturated heterocycles. The zero-order chi connectivity index (χ0) is 13.0. The highest BCUT2D eigenvalue weighted by Crippen LogP contribution is 2.26. The third-order valence-corrected chi connectivity index (χ3v) is 3.04. The normalized spacial score (nSPS) is 10.9. The fourth-order valence-electron chi connectivity index (χ4n) is 1.51. The van der Waals surface area contributed by atoms with E-state index in [1.165, 1.54) is 0 Å². The molecule has 0 spiro atoms. The Morgan fingerprint density at radius 2 is 2.06 bits per heavy atom. The van der Waals surface area contributed by atoms with Gasteiger partial charge in [0.05, 0.1) is 18.4 Å². The molecular weight excluding hydrogens is 256 g/mol. The van der Waals surface area contributed by atoms with Crippen LogP contribution in [0.2, 0.25) is 0 Å². The van der Waals surface area contributed by atoms with E-state index in [2.05, 4.69) is 15.3 Å². The summed E-state index contributed by atoms with van der Waals surface area (Å²) in [5, 5.41) is 3.19. The minimum Gasteiger partial charge on any atom is -0.379 e. The molecule has 0 fully saturated rings. The second-order valence-electron chi connectivity index (χ2n) is 3.75. The summed E-state index contributed by atoms with van der Waals surface area (Å²) in [6, 6.07) is 6.93. The maximum absolute atomic E-state index is 12.1. The second kappa shape index (κ2) is 5.86. The minimum atomic E-state index is -2.38. The fourth-order valence-corrected chi connectivity index (χ4v) is 2.01. The summed E-state index contributed by atoms with van der Waals surface area (Å²) in [7, 11) is 0. The van der Waals surface area contributed by atoms with Gasteiger partial charge < -0.3 is 10.3 Å². The standard InChI is InChI=1S/C12H13F2N3S/c1-8-15-6-10(17-8)7-16-9-2-4-11(5-3-9)18-12(13)14/h2-6,12,16H,7H2,1H3,(H,15,17). The van der Waals surface area contributed by atoms with Crippen molar-refractivity contribution in [2.24, 2.45) is 0 Å². The maximum atomic E-state index is 12.1. The van der Waals surface area contributed by atoms with Gasteiger partial charge in [0.25, 0.3) is 5.76 Å². The number of hydrogen-bond acceptors (Lipinski definition) is 3. The lowest BCUT2D eigenvalue weighted by molar-refractivity contribution is 0.252. The number of nitrogens with zero attached hydrogens (tertiary/aromatic N) is 1. The van der Waals surface area contributed by atoms with Crippen molar-refractivity contribution < 1.29 is 8.78 Å². The van der Waals surface area contributed by atoms with Gasteiger partial charge in [-0.25, -0.2) is 4.98 Å². The highest BCUT2D eigenvalue weighted by atomic mass is 32.2. The van der Waals surface area contributed by atoms with E-state index in [1.54, 1.807) is 30.5 Å². The van der Waals surface area contributed by atoms with Crippen molar-refractivity contribution in [3.63, 3.8) is 0 Å². The molecule has 0 radical (unpaired) electrons. The van der Waals surface area contributed by atoms with Crippen LogP contribution in [0.1, 0.15) is 11.5 Å². The number of aromatic amines is 1. The topological polar surface area (TPSA) is 40.7 Å². The van der Waals surface area contributed by atoms with Crippen LogP contribution in [0.15, 0.2) is 35.4 Å². The van der Waals surface area contributed by atoms with Gasteiger partial charge in [-0.3, -0.25) is 0 Å². The van der Waals surface area contributed by atoms with Crippen LogP contribution in [0.3, 0.4) is 0 Å². The van der Waals surface area contributed by atoms with Crippen molar-refractivity contribution >= 4 is 17.4 Å². The molecule has 0 bridgehead atoms. The van der Waals surface area contributed by atoms with Gasteiger partial charge in [-0.15, -0.1) is 0 Å². The van der Waals surface area contributed by atoms with Crippen molar-refractivity contribution in [2.75, 3.05) is 5.32 Å². The summed E-state index contributed by atoms with van der Waals surface area (Å²) in [4.78, 5) is 7.76. The Balaban J connectivity index is 1.90. The summed E-state index contributed by atoms with van der Waals surface area (Å²) in [6.07, 6.45) is 1.77. The Morgan fingerprint density at radius 1 is 1.33 bits per heavy atom. The van der Waals surface area contributed by atoms with E-state index in [-0.39, 0.29) is 0 Å². The first-order valence-electron chi connectivity index (χ1n) is 5.43. The predicted octanol–water partition coefficient (Wildman–Crippen LogP) is 3.64. The van der Waals surface area contributed by atoms with Gasteiger partial charge in [0.1, 0.15) is 5.82 Å². The van der Waals surface area contributed by atoms with E-state index in [4.69, 9.17) is 0 Å². The van der Waals surface area contributed by atoms with Crippen LogP contribution >= 0.6 is 11.8 Å². The summed E-state index contributed by atoms with van der Waals surface area (Å²) in [6.45, 7) is 2.52. The quantitative estimate of drug-likeness (QED) is 0.814. The molecule has 0 amide bonds. The summed E-state index contributed by atoms with van der Waals surface area (Å²) >= 11 is 0.548. The maximum Gasteiger partial charge on any atom is 0.288 e. The number of imidazole rings is 1. The lowest BCUT2D eigenvalue weighted by Gasteiger charge is -2.06. The highest BCUT2D eigenvalue weighted by Gasteiger charge is 2.04. The number of halogens is 2. The largest absolute Gasteiger partial charge is 0.379 e. The van der Waals surface area contributed by atoms with Crippen molar-refractivity contribution in [1.29, 1.82) is 0 Å². The lowest BCUT2D eigenvalue weighted by atomic mass is 10.3. The first-order valence-corrected chi connectivity index (χ1v) is 6.30. The van der Waals surface area contributed by atoms with Gasteiger partial charge in [-0.05, 0) is 31.2 Å². The Labute approximate surface area is 108 Å². The van der Waals surface area contributed by atoms with Crippen LogP contribution in [0.25, 0.3) is 0 Å². The van der Waals surface area contributed by atoms with Gasteiger partial charge in [0.15, 0.2) is 0 Å². The van der Waals surface area contributed by atoms with Gasteiger partial charge >= 0.3 is 0 Å². The van der Waals surface area contributed by atoms with Crippen molar-refractivity contribution in [3.8, 4) is 0 Å². The monoisotopic (exact) mass is 269 g/mol. The molecule has 96 valence electrons. The van der Waals surface area contributed by atoms with E-state index < -0.39 is 5.76 Å². The number of alkyl halides is 2. The average molecular weight is 269 g/mol. The smallest absolute Gasteiger partial charge is 0.288 e. The number of thioether (sulfide) groups is 1. The Hall–Kier alpha value is -1.56. The molecule has 2 N–H and O–H groups in total. The molecular formula is C12H13F2N3S. The first kappa shape index (κ1) is 12.9. The van der Waals surface area contributed by atoms with E-state index in [1.807, 2.05) is 6.92 Å². The SMILES string of the molecule is Cc1ncc(CNc2ccc(SC(F)F)cc2)[nH]1. The number of hydrogen-bond donors (Lipinski definition) is 2. The Bertz CT molecular complexity index is 496. The van der Waals surface area contributed by atoms with Crippen LogP contribution in [-0.2, 0) is 6.54 Å².